The van der Waals surface area contributed by atoms with E-state index in [1.54, 1.807) is 24.3 Å². The summed E-state index contributed by atoms with van der Waals surface area (Å²) in [4.78, 5) is 26.5. The molecular weight excluding hydrogens is 484 g/mol. The zero-order valence-corrected chi connectivity index (χ0v) is 22.9. The normalized spacial score (nSPS) is 26.3. The highest BCUT2D eigenvalue weighted by Gasteiger charge is 2.64. The van der Waals surface area contributed by atoms with Crippen LogP contribution in [0.25, 0.3) is 0 Å². The summed E-state index contributed by atoms with van der Waals surface area (Å²) < 4.78 is 12.5. The number of hydrogen-bond donors (Lipinski definition) is 0. The first-order valence-electron chi connectivity index (χ1n) is 14.2. The Kier molecular flexibility index (Phi) is 6.66. The molecule has 0 aromatic heterocycles. The van der Waals surface area contributed by atoms with Crippen molar-refractivity contribution in [3.8, 4) is 0 Å². The van der Waals surface area contributed by atoms with Crippen molar-refractivity contribution in [2.75, 3.05) is 0 Å². The molecule has 3 aromatic carbocycles. The van der Waals surface area contributed by atoms with Gasteiger partial charge in [-0.2, -0.15) is 0 Å². The predicted molar refractivity (Wildman–Crippen MR) is 152 cm³/mol. The fourth-order valence-electron chi connectivity index (χ4n) is 7.71. The molecule has 0 spiro atoms. The molecule has 0 radical (unpaired) electrons. The van der Waals surface area contributed by atoms with Crippen LogP contribution < -0.4 is 0 Å². The first kappa shape index (κ1) is 25.6. The monoisotopic (exact) mass is 520 g/mol. The van der Waals surface area contributed by atoms with E-state index in [4.69, 9.17) is 9.47 Å². The zero-order valence-electron chi connectivity index (χ0n) is 22.9. The highest BCUT2D eigenvalue weighted by molar-refractivity contribution is 5.90. The van der Waals surface area contributed by atoms with E-state index in [0.29, 0.717) is 28.9 Å². The molecule has 4 heteroatoms. The number of hydrogen-bond acceptors (Lipinski definition) is 4. The van der Waals surface area contributed by atoms with Crippen molar-refractivity contribution in [2.24, 2.45) is 17.8 Å². The van der Waals surface area contributed by atoms with Gasteiger partial charge in [-0.15, -0.1) is 6.58 Å². The van der Waals surface area contributed by atoms with Gasteiger partial charge in [-0.25, -0.2) is 9.59 Å². The summed E-state index contributed by atoms with van der Waals surface area (Å²) in [6, 6.07) is 20.6. The summed E-state index contributed by atoms with van der Waals surface area (Å²) in [6.45, 7) is 10.8. The van der Waals surface area contributed by atoms with E-state index in [0.717, 1.165) is 19.3 Å². The topological polar surface area (TPSA) is 52.6 Å². The van der Waals surface area contributed by atoms with E-state index in [-0.39, 0.29) is 23.8 Å². The Hall–Kier alpha value is -3.66. The van der Waals surface area contributed by atoms with E-state index in [9.17, 15) is 9.59 Å². The Labute approximate surface area is 231 Å². The van der Waals surface area contributed by atoms with Gasteiger partial charge in [0.25, 0.3) is 0 Å². The Morgan fingerprint density at radius 3 is 2.00 bits per heavy atom. The number of fused-ring (bicyclic) bond motifs is 7. The van der Waals surface area contributed by atoms with Gasteiger partial charge >= 0.3 is 11.9 Å². The molecule has 2 bridgehead atoms. The van der Waals surface area contributed by atoms with Gasteiger partial charge in [0.15, 0.2) is 0 Å². The standard InChI is InChI=1S/C35H36O4/c1-5-12-24-17-25(20(2)3)26-18-27-28-19-29(31(27)30(26)21(24)4)33(39-35(37)23-15-10-7-11-16-23)32(28)38-34(36)22-13-8-6-9-14-22/h5-11,13-17,20,27-29,31-33H,1,12,18-19H2,2-4H3. The maximum atomic E-state index is 13.3. The molecule has 0 amide bonds. The molecule has 2 saturated carbocycles. The number of carbonyl (C=O) groups excluding carboxylic acids is 2. The molecule has 6 atom stereocenters. The molecule has 0 saturated heterocycles. The van der Waals surface area contributed by atoms with E-state index in [1.807, 2.05) is 42.5 Å². The van der Waals surface area contributed by atoms with Crippen LogP contribution in [0.4, 0.5) is 0 Å². The summed E-state index contributed by atoms with van der Waals surface area (Å²) in [5, 5.41) is 0. The zero-order chi connectivity index (χ0) is 27.3. The lowest BCUT2D eigenvalue weighted by atomic mass is 9.75. The summed E-state index contributed by atoms with van der Waals surface area (Å²) in [5.41, 5.74) is 8.04. The van der Waals surface area contributed by atoms with Crippen LogP contribution in [0.2, 0.25) is 0 Å². The van der Waals surface area contributed by atoms with Crippen LogP contribution in [0.1, 0.15) is 80.6 Å². The van der Waals surface area contributed by atoms with Crippen molar-refractivity contribution in [2.45, 2.75) is 64.1 Å². The summed E-state index contributed by atoms with van der Waals surface area (Å²) >= 11 is 0. The second-order valence-corrected chi connectivity index (χ2v) is 11.7. The van der Waals surface area contributed by atoms with Gasteiger partial charge in [0.05, 0.1) is 11.1 Å². The Morgan fingerprint density at radius 1 is 0.897 bits per heavy atom. The lowest BCUT2D eigenvalue weighted by Crippen LogP contribution is -2.45. The number of rotatable bonds is 7. The second kappa shape index (κ2) is 10.1. The molecule has 3 aromatic rings. The van der Waals surface area contributed by atoms with Gasteiger partial charge in [-0.05, 0) is 96.0 Å². The van der Waals surface area contributed by atoms with Crippen LogP contribution >= 0.6 is 0 Å². The van der Waals surface area contributed by atoms with Gasteiger partial charge < -0.3 is 9.47 Å². The van der Waals surface area contributed by atoms with Crippen molar-refractivity contribution >= 4 is 11.9 Å². The minimum absolute atomic E-state index is 0.111. The molecule has 4 nitrogen and oxygen atoms in total. The number of benzene rings is 3. The molecule has 3 aliphatic carbocycles. The molecule has 0 N–H and O–H groups in total. The third-order valence-electron chi connectivity index (χ3n) is 9.34. The van der Waals surface area contributed by atoms with Crippen molar-refractivity contribution < 1.29 is 19.1 Å². The smallest absolute Gasteiger partial charge is 0.338 e. The van der Waals surface area contributed by atoms with Gasteiger partial charge in [0, 0.05) is 11.8 Å². The van der Waals surface area contributed by atoms with Crippen molar-refractivity contribution in [3.63, 3.8) is 0 Å². The third kappa shape index (κ3) is 4.30. The Bertz CT molecular complexity index is 1410. The van der Waals surface area contributed by atoms with Crippen LogP contribution in [0.15, 0.2) is 79.4 Å². The van der Waals surface area contributed by atoms with Crippen molar-refractivity contribution in [1.82, 2.24) is 0 Å². The van der Waals surface area contributed by atoms with Crippen LogP contribution in [0, 0.1) is 24.7 Å². The van der Waals surface area contributed by atoms with Crippen LogP contribution in [-0.2, 0) is 22.3 Å². The lowest BCUT2D eigenvalue weighted by molar-refractivity contribution is -0.0698. The van der Waals surface area contributed by atoms with Gasteiger partial charge in [-0.1, -0.05) is 62.4 Å². The molecule has 39 heavy (non-hydrogen) atoms. The van der Waals surface area contributed by atoms with Crippen molar-refractivity contribution in [3.05, 3.63) is 118 Å². The average molecular weight is 521 g/mol. The molecule has 6 rings (SSSR count). The quantitative estimate of drug-likeness (QED) is 0.244. The van der Waals surface area contributed by atoms with Crippen LogP contribution in [-0.4, -0.2) is 24.1 Å². The van der Waals surface area contributed by atoms with E-state index in [2.05, 4.69) is 33.4 Å². The fourth-order valence-corrected chi connectivity index (χ4v) is 7.71. The third-order valence-corrected chi connectivity index (χ3v) is 9.34. The highest BCUT2D eigenvalue weighted by atomic mass is 16.6. The summed E-state index contributed by atoms with van der Waals surface area (Å²) in [7, 11) is 0. The first-order valence-corrected chi connectivity index (χ1v) is 14.2. The summed E-state index contributed by atoms with van der Waals surface area (Å²) in [5.74, 6) is 0.638. The molecule has 0 aliphatic heterocycles. The molecule has 200 valence electrons. The van der Waals surface area contributed by atoms with Gasteiger partial charge in [-0.3, -0.25) is 0 Å². The van der Waals surface area contributed by atoms with Crippen molar-refractivity contribution in [1.29, 1.82) is 0 Å². The Balaban J connectivity index is 1.39. The molecule has 2 fully saturated rings. The minimum Gasteiger partial charge on any atom is -0.455 e. The first-order chi connectivity index (χ1) is 18.9. The van der Waals surface area contributed by atoms with Gasteiger partial charge in [0.2, 0.25) is 0 Å². The van der Waals surface area contributed by atoms with Gasteiger partial charge in [0.1, 0.15) is 12.2 Å². The van der Waals surface area contributed by atoms with Crippen LogP contribution in [0.3, 0.4) is 0 Å². The number of allylic oxidation sites excluding steroid dienone is 1. The maximum absolute atomic E-state index is 13.3. The van der Waals surface area contributed by atoms with E-state index < -0.39 is 12.2 Å². The Morgan fingerprint density at radius 2 is 1.46 bits per heavy atom. The van der Waals surface area contributed by atoms with E-state index in [1.165, 1.54) is 27.8 Å². The maximum Gasteiger partial charge on any atom is 0.338 e. The number of ether oxygens (including phenoxy) is 2. The molecule has 3 aliphatic rings. The number of esters is 2. The largest absolute Gasteiger partial charge is 0.455 e. The summed E-state index contributed by atoms with van der Waals surface area (Å²) in [6.07, 6.45) is 3.77. The fraction of sp³-hybridized carbons (Fsp3) is 0.371. The minimum atomic E-state index is -0.479. The van der Waals surface area contributed by atoms with Crippen LogP contribution in [0.5, 0.6) is 0 Å². The van der Waals surface area contributed by atoms with E-state index >= 15 is 0 Å². The molecule has 6 unspecified atom stereocenters. The number of carbonyl (C=O) groups is 2. The average Bonchev–Trinajstić information content (AvgIpc) is 3.61. The second-order valence-electron chi connectivity index (χ2n) is 11.7. The molecular formula is C35H36O4. The predicted octanol–water partition coefficient (Wildman–Crippen LogP) is 7.20. The molecule has 0 heterocycles. The lowest BCUT2D eigenvalue weighted by Gasteiger charge is -2.37. The highest BCUT2D eigenvalue weighted by Crippen LogP contribution is 2.64. The SMILES string of the molecule is C=CCc1cc(C(C)C)c2c(c1C)C1C(C2)C2CC1C(OC(=O)c1ccccc1)C2OC(=O)c1ccccc1.